The van der Waals surface area contributed by atoms with Gasteiger partial charge in [0.15, 0.2) is 11.5 Å². The standard InChI is InChI=1S/C12H11N5O3/c18-8(19)5-6-1-3-7(4-2-6)10-13-11-9(12(20)14-10)15-17-16-11/h1-4,15,17H,5H2,(H,18,19)(H2,13,14,16,20). The summed E-state index contributed by atoms with van der Waals surface area (Å²) in [4.78, 5) is 29.3. The minimum Gasteiger partial charge on any atom is -0.481 e. The predicted octanol–water partition coefficient (Wildman–Crippen LogP) is 0.321. The number of aromatic nitrogens is 2. The number of aliphatic carboxylic acids is 1. The number of H-pyrrole nitrogens is 1. The Morgan fingerprint density at radius 2 is 1.95 bits per heavy atom. The Morgan fingerprint density at radius 3 is 2.65 bits per heavy atom. The fourth-order valence-corrected chi connectivity index (χ4v) is 1.92. The van der Waals surface area contributed by atoms with Crippen molar-refractivity contribution in [2.75, 3.05) is 10.9 Å². The van der Waals surface area contributed by atoms with E-state index in [2.05, 4.69) is 26.4 Å². The Morgan fingerprint density at radius 1 is 1.20 bits per heavy atom. The van der Waals surface area contributed by atoms with Gasteiger partial charge in [-0.3, -0.25) is 20.4 Å². The lowest BCUT2D eigenvalue weighted by Gasteiger charge is -2.04. The molecule has 5 N–H and O–H groups in total. The number of aromatic amines is 1. The van der Waals surface area contributed by atoms with Crippen molar-refractivity contribution < 1.29 is 9.90 Å². The van der Waals surface area contributed by atoms with Gasteiger partial charge in [0.2, 0.25) is 0 Å². The largest absolute Gasteiger partial charge is 0.481 e. The van der Waals surface area contributed by atoms with E-state index in [4.69, 9.17) is 5.11 Å². The molecule has 2 aromatic rings. The van der Waals surface area contributed by atoms with Crippen molar-refractivity contribution >= 4 is 17.5 Å². The molecule has 1 aliphatic rings. The highest BCUT2D eigenvalue weighted by Gasteiger charge is 2.16. The molecule has 102 valence electrons. The van der Waals surface area contributed by atoms with Gasteiger partial charge < -0.3 is 10.1 Å². The third kappa shape index (κ3) is 2.19. The number of benzene rings is 1. The number of carboxylic acids is 1. The van der Waals surface area contributed by atoms with Crippen LogP contribution in [0.5, 0.6) is 0 Å². The molecule has 2 heterocycles. The zero-order chi connectivity index (χ0) is 14.1. The predicted molar refractivity (Wildman–Crippen MR) is 72.0 cm³/mol. The monoisotopic (exact) mass is 273 g/mol. The third-order valence-corrected chi connectivity index (χ3v) is 2.87. The molecule has 8 nitrogen and oxygen atoms in total. The van der Waals surface area contributed by atoms with Crippen LogP contribution >= 0.6 is 0 Å². The highest BCUT2D eigenvalue weighted by atomic mass is 16.4. The van der Waals surface area contributed by atoms with E-state index in [1.54, 1.807) is 24.3 Å². The maximum atomic E-state index is 11.8. The van der Waals surface area contributed by atoms with Gasteiger partial charge in [-0.1, -0.05) is 24.3 Å². The number of hydrogen-bond acceptors (Lipinski definition) is 6. The smallest absolute Gasteiger partial charge is 0.307 e. The van der Waals surface area contributed by atoms with Crippen LogP contribution in [0.25, 0.3) is 11.4 Å². The summed E-state index contributed by atoms with van der Waals surface area (Å²) in [7, 11) is 0. The lowest BCUT2D eigenvalue weighted by Crippen LogP contribution is -2.21. The molecular weight excluding hydrogens is 262 g/mol. The summed E-state index contributed by atoms with van der Waals surface area (Å²) < 4.78 is 0. The number of hydrazine groups is 2. The highest BCUT2D eigenvalue weighted by Crippen LogP contribution is 2.21. The van der Waals surface area contributed by atoms with E-state index in [0.29, 0.717) is 28.5 Å². The lowest BCUT2D eigenvalue weighted by molar-refractivity contribution is -0.136. The summed E-state index contributed by atoms with van der Waals surface area (Å²) in [6, 6.07) is 6.83. The molecule has 0 aliphatic carbocycles. The molecule has 0 amide bonds. The molecule has 0 radical (unpaired) electrons. The van der Waals surface area contributed by atoms with Crippen LogP contribution in [0, 0.1) is 0 Å². The van der Waals surface area contributed by atoms with Gasteiger partial charge in [0.25, 0.3) is 5.56 Å². The molecule has 1 aliphatic heterocycles. The van der Waals surface area contributed by atoms with Crippen LogP contribution < -0.4 is 21.9 Å². The number of hydrogen-bond donors (Lipinski definition) is 5. The van der Waals surface area contributed by atoms with Crippen molar-refractivity contribution in [3.63, 3.8) is 0 Å². The molecule has 0 saturated carbocycles. The van der Waals surface area contributed by atoms with E-state index in [9.17, 15) is 9.59 Å². The van der Waals surface area contributed by atoms with E-state index in [-0.39, 0.29) is 12.0 Å². The fourth-order valence-electron chi connectivity index (χ4n) is 1.92. The van der Waals surface area contributed by atoms with Crippen molar-refractivity contribution in [1.29, 1.82) is 0 Å². The van der Waals surface area contributed by atoms with Crippen LogP contribution in [0.2, 0.25) is 0 Å². The first-order valence-corrected chi connectivity index (χ1v) is 5.86. The van der Waals surface area contributed by atoms with Crippen molar-refractivity contribution in [1.82, 2.24) is 15.5 Å². The fraction of sp³-hybridized carbons (Fsp3) is 0.0833. The quantitative estimate of drug-likeness (QED) is 0.546. The number of nitrogens with one attached hydrogen (secondary N) is 4. The number of carbonyl (C=O) groups is 1. The van der Waals surface area contributed by atoms with Crippen LogP contribution in [0.3, 0.4) is 0 Å². The zero-order valence-electron chi connectivity index (χ0n) is 10.2. The van der Waals surface area contributed by atoms with Crippen molar-refractivity contribution in [2.45, 2.75) is 6.42 Å². The number of fused-ring (bicyclic) bond motifs is 1. The molecular formula is C12H11N5O3. The molecule has 0 saturated heterocycles. The second-order valence-electron chi connectivity index (χ2n) is 4.28. The molecule has 1 aromatic carbocycles. The normalized spacial score (nSPS) is 12.4. The summed E-state index contributed by atoms with van der Waals surface area (Å²) in [5, 5.41) is 8.71. The minimum absolute atomic E-state index is 0.0379. The molecule has 0 spiro atoms. The van der Waals surface area contributed by atoms with E-state index in [0.717, 1.165) is 0 Å². The zero-order valence-corrected chi connectivity index (χ0v) is 10.2. The van der Waals surface area contributed by atoms with Crippen LogP contribution in [0.1, 0.15) is 5.56 Å². The maximum Gasteiger partial charge on any atom is 0.307 e. The number of carboxylic acid groups (broad SMARTS) is 1. The first kappa shape index (κ1) is 12.2. The summed E-state index contributed by atoms with van der Waals surface area (Å²) in [5.41, 5.74) is 9.38. The van der Waals surface area contributed by atoms with E-state index in [1.807, 2.05) is 0 Å². The van der Waals surface area contributed by atoms with E-state index < -0.39 is 5.97 Å². The first-order valence-electron chi connectivity index (χ1n) is 5.86. The lowest BCUT2D eigenvalue weighted by atomic mass is 10.1. The van der Waals surface area contributed by atoms with Crippen molar-refractivity contribution in [3.8, 4) is 11.4 Å². The van der Waals surface area contributed by atoms with Gasteiger partial charge in [0.05, 0.1) is 6.42 Å². The third-order valence-electron chi connectivity index (χ3n) is 2.87. The van der Waals surface area contributed by atoms with E-state index in [1.165, 1.54) is 0 Å². The van der Waals surface area contributed by atoms with Gasteiger partial charge >= 0.3 is 5.97 Å². The Hall–Kier alpha value is -2.87. The molecule has 0 unspecified atom stereocenters. The summed E-state index contributed by atoms with van der Waals surface area (Å²) in [6.07, 6.45) is -0.0379. The summed E-state index contributed by atoms with van der Waals surface area (Å²) in [6.45, 7) is 0. The SMILES string of the molecule is O=C(O)Cc1ccc(-c2nc3c(c(=O)[nH]2)NNN3)cc1. The Kier molecular flexibility index (Phi) is 2.84. The molecule has 3 rings (SSSR count). The average Bonchev–Trinajstić information content (AvgIpc) is 2.87. The van der Waals surface area contributed by atoms with Gasteiger partial charge in [0, 0.05) is 5.56 Å². The first-order chi connectivity index (χ1) is 9.63. The van der Waals surface area contributed by atoms with Crippen LogP contribution in [0.15, 0.2) is 29.1 Å². The molecule has 1 aromatic heterocycles. The number of rotatable bonds is 3. The molecule has 0 atom stereocenters. The summed E-state index contributed by atoms with van der Waals surface area (Å²) >= 11 is 0. The van der Waals surface area contributed by atoms with Gasteiger partial charge in [-0.2, -0.15) is 0 Å². The molecule has 20 heavy (non-hydrogen) atoms. The van der Waals surface area contributed by atoms with Gasteiger partial charge in [0.1, 0.15) is 5.82 Å². The van der Waals surface area contributed by atoms with Gasteiger partial charge in [-0.25, -0.2) is 4.98 Å². The van der Waals surface area contributed by atoms with Crippen LogP contribution in [-0.2, 0) is 11.2 Å². The molecule has 0 bridgehead atoms. The van der Waals surface area contributed by atoms with Crippen LogP contribution in [0.4, 0.5) is 11.5 Å². The Bertz CT molecular complexity index is 723. The maximum absolute atomic E-state index is 11.8. The molecule has 8 heteroatoms. The highest BCUT2D eigenvalue weighted by molar-refractivity contribution is 5.71. The minimum atomic E-state index is -0.886. The van der Waals surface area contributed by atoms with Crippen molar-refractivity contribution in [2.24, 2.45) is 0 Å². The number of anilines is 2. The van der Waals surface area contributed by atoms with Gasteiger partial charge in [-0.15, -0.1) is 5.53 Å². The second-order valence-corrected chi connectivity index (χ2v) is 4.28. The Labute approximate surface area is 112 Å². The van der Waals surface area contributed by atoms with Crippen molar-refractivity contribution in [3.05, 3.63) is 40.2 Å². The van der Waals surface area contributed by atoms with Gasteiger partial charge in [-0.05, 0) is 5.56 Å². The van der Waals surface area contributed by atoms with E-state index >= 15 is 0 Å². The van der Waals surface area contributed by atoms with Crippen LogP contribution in [-0.4, -0.2) is 21.0 Å². The number of nitrogens with zero attached hydrogens (tertiary/aromatic N) is 1. The second kappa shape index (κ2) is 4.67. The average molecular weight is 273 g/mol. The molecule has 0 fully saturated rings. The summed E-state index contributed by atoms with van der Waals surface area (Å²) in [5.74, 6) is -0.0600. The topological polar surface area (TPSA) is 119 Å². The Balaban J connectivity index is 1.95.